The molecular formula is C16H18O4. The number of rotatable bonds is 3. The van der Waals surface area contributed by atoms with Gasteiger partial charge in [-0.2, -0.15) is 0 Å². The quantitative estimate of drug-likeness (QED) is 0.522. The maximum Gasteiger partial charge on any atom is 0.374 e. The number of aliphatic hydroxyl groups is 1. The Morgan fingerprint density at radius 2 is 1.95 bits per heavy atom. The Morgan fingerprint density at radius 1 is 1.30 bits per heavy atom. The first-order chi connectivity index (χ1) is 9.60. The second-order valence-corrected chi connectivity index (χ2v) is 4.24. The smallest absolute Gasteiger partial charge is 0.374 e. The van der Waals surface area contributed by atoms with Crippen LogP contribution in [0, 0.1) is 0 Å². The first-order valence-corrected chi connectivity index (χ1v) is 6.37. The van der Waals surface area contributed by atoms with Crippen molar-refractivity contribution in [2.24, 2.45) is 0 Å². The van der Waals surface area contributed by atoms with E-state index in [0.29, 0.717) is 5.57 Å². The molecule has 0 saturated heterocycles. The van der Waals surface area contributed by atoms with Crippen LogP contribution in [-0.2, 0) is 14.3 Å². The van der Waals surface area contributed by atoms with Crippen molar-refractivity contribution < 1.29 is 19.4 Å². The van der Waals surface area contributed by atoms with Gasteiger partial charge in [-0.05, 0) is 25.0 Å². The third kappa shape index (κ3) is 4.39. The van der Waals surface area contributed by atoms with Crippen LogP contribution in [0.3, 0.4) is 0 Å². The van der Waals surface area contributed by atoms with Gasteiger partial charge in [0.15, 0.2) is 0 Å². The van der Waals surface area contributed by atoms with E-state index >= 15 is 0 Å². The molecule has 1 heterocycles. The van der Waals surface area contributed by atoms with Crippen molar-refractivity contribution in [1.82, 2.24) is 0 Å². The predicted octanol–water partition coefficient (Wildman–Crippen LogP) is 3.05. The minimum Gasteiger partial charge on any atom is -0.502 e. The van der Waals surface area contributed by atoms with E-state index in [1.165, 1.54) is 6.08 Å². The van der Waals surface area contributed by atoms with Gasteiger partial charge in [-0.15, -0.1) is 0 Å². The Bertz CT molecular complexity index is 515. The number of ether oxygens (including phenoxy) is 1. The Hall–Kier alpha value is -2.36. The molecule has 2 rings (SSSR count). The molecule has 1 aliphatic rings. The third-order valence-corrected chi connectivity index (χ3v) is 2.84. The standard InChI is InChI=1S/C9H8O.C7H10O3/c10-8-4-7-9-5-2-1-3-6-9;1-3-5-4(2)6(8)7(9)10-5/h1-8H;5,8H,3H2,1-2H3. The number of benzene rings is 1. The number of aldehydes is 1. The summed E-state index contributed by atoms with van der Waals surface area (Å²) in [5.41, 5.74) is 1.70. The van der Waals surface area contributed by atoms with Crippen molar-refractivity contribution in [2.75, 3.05) is 0 Å². The number of aliphatic hydroxyl groups excluding tert-OH is 1. The van der Waals surface area contributed by atoms with Gasteiger partial charge in [-0.25, -0.2) is 4.79 Å². The lowest BCUT2D eigenvalue weighted by Crippen LogP contribution is -2.08. The molecule has 1 aromatic rings. The van der Waals surface area contributed by atoms with E-state index in [1.54, 1.807) is 13.0 Å². The normalized spacial score (nSPS) is 17.7. The molecule has 1 N–H and O–H groups in total. The highest BCUT2D eigenvalue weighted by Gasteiger charge is 2.29. The van der Waals surface area contributed by atoms with E-state index < -0.39 is 5.97 Å². The number of allylic oxidation sites excluding steroid dienone is 1. The summed E-state index contributed by atoms with van der Waals surface area (Å²) >= 11 is 0. The van der Waals surface area contributed by atoms with Crippen LogP contribution in [-0.4, -0.2) is 23.5 Å². The SMILES string of the molecule is CCC1OC(=O)C(O)=C1C.O=CC=Cc1ccccc1. The molecule has 0 amide bonds. The molecule has 1 aliphatic heterocycles. The van der Waals surface area contributed by atoms with Crippen LogP contribution in [0.2, 0.25) is 0 Å². The summed E-state index contributed by atoms with van der Waals surface area (Å²) in [7, 11) is 0. The molecule has 0 saturated carbocycles. The summed E-state index contributed by atoms with van der Waals surface area (Å²) in [5.74, 6) is -0.809. The van der Waals surface area contributed by atoms with Crippen molar-refractivity contribution in [3.8, 4) is 0 Å². The molecule has 0 bridgehead atoms. The zero-order valence-electron chi connectivity index (χ0n) is 11.6. The van der Waals surface area contributed by atoms with Gasteiger partial charge in [0.25, 0.3) is 0 Å². The molecule has 1 unspecified atom stereocenters. The zero-order valence-corrected chi connectivity index (χ0v) is 11.6. The summed E-state index contributed by atoms with van der Waals surface area (Å²) < 4.78 is 4.77. The first-order valence-electron chi connectivity index (χ1n) is 6.37. The van der Waals surface area contributed by atoms with Crippen molar-refractivity contribution in [2.45, 2.75) is 26.4 Å². The number of esters is 1. The fraction of sp³-hybridized carbons (Fsp3) is 0.250. The molecule has 1 atom stereocenters. The van der Waals surface area contributed by atoms with Crippen LogP contribution in [0.4, 0.5) is 0 Å². The van der Waals surface area contributed by atoms with Gasteiger partial charge in [-0.1, -0.05) is 43.3 Å². The molecule has 106 valence electrons. The van der Waals surface area contributed by atoms with E-state index in [2.05, 4.69) is 0 Å². The highest BCUT2D eigenvalue weighted by Crippen LogP contribution is 2.21. The van der Waals surface area contributed by atoms with Crippen LogP contribution in [0.5, 0.6) is 0 Å². The van der Waals surface area contributed by atoms with E-state index in [9.17, 15) is 9.59 Å². The Morgan fingerprint density at radius 3 is 2.35 bits per heavy atom. The van der Waals surface area contributed by atoms with Crippen molar-refractivity contribution in [3.63, 3.8) is 0 Å². The molecule has 0 aromatic heterocycles. The fourth-order valence-electron chi connectivity index (χ4n) is 1.69. The summed E-state index contributed by atoms with van der Waals surface area (Å²) in [6.07, 6.45) is 4.55. The maximum absolute atomic E-state index is 10.6. The second kappa shape index (κ2) is 7.94. The molecule has 0 fully saturated rings. The minimum atomic E-state index is -0.593. The molecule has 4 nitrogen and oxygen atoms in total. The molecule has 0 aliphatic carbocycles. The Labute approximate surface area is 118 Å². The van der Waals surface area contributed by atoms with E-state index in [4.69, 9.17) is 9.84 Å². The number of carbonyl (C=O) groups excluding carboxylic acids is 2. The van der Waals surface area contributed by atoms with Crippen molar-refractivity contribution in [3.05, 3.63) is 53.3 Å². The molecule has 1 aromatic carbocycles. The van der Waals surface area contributed by atoms with Gasteiger partial charge >= 0.3 is 5.97 Å². The lowest BCUT2D eigenvalue weighted by Gasteiger charge is -2.05. The zero-order chi connectivity index (χ0) is 15.0. The fourth-order valence-corrected chi connectivity index (χ4v) is 1.69. The average Bonchev–Trinajstić information content (AvgIpc) is 2.74. The van der Waals surface area contributed by atoms with Crippen LogP contribution in [0.15, 0.2) is 47.7 Å². The molecule has 4 heteroatoms. The number of carbonyl (C=O) groups is 2. The Balaban J connectivity index is 0.000000200. The van der Waals surface area contributed by atoms with Gasteiger partial charge in [0.1, 0.15) is 12.4 Å². The number of hydrogen-bond acceptors (Lipinski definition) is 4. The van der Waals surface area contributed by atoms with Crippen molar-refractivity contribution in [1.29, 1.82) is 0 Å². The highest BCUT2D eigenvalue weighted by molar-refractivity contribution is 5.89. The summed E-state index contributed by atoms with van der Waals surface area (Å²) in [6.45, 7) is 3.61. The van der Waals surface area contributed by atoms with Gasteiger partial charge in [0.2, 0.25) is 5.76 Å². The average molecular weight is 274 g/mol. The van der Waals surface area contributed by atoms with Gasteiger partial charge in [0, 0.05) is 5.57 Å². The minimum absolute atomic E-state index is 0.201. The lowest BCUT2D eigenvalue weighted by atomic mass is 10.1. The molecule has 0 radical (unpaired) electrons. The molecule has 0 spiro atoms. The highest BCUT2D eigenvalue weighted by atomic mass is 16.6. The van der Waals surface area contributed by atoms with Crippen LogP contribution >= 0.6 is 0 Å². The maximum atomic E-state index is 10.6. The Kier molecular flexibility index (Phi) is 6.23. The monoisotopic (exact) mass is 274 g/mol. The molecule has 20 heavy (non-hydrogen) atoms. The topological polar surface area (TPSA) is 63.6 Å². The van der Waals surface area contributed by atoms with E-state index in [1.807, 2.05) is 37.3 Å². The van der Waals surface area contributed by atoms with Crippen molar-refractivity contribution >= 4 is 18.3 Å². The number of cyclic esters (lactones) is 1. The first kappa shape index (κ1) is 15.7. The summed E-state index contributed by atoms with van der Waals surface area (Å²) in [4.78, 5) is 20.5. The van der Waals surface area contributed by atoms with Gasteiger partial charge < -0.3 is 9.84 Å². The van der Waals surface area contributed by atoms with Crippen LogP contribution < -0.4 is 0 Å². The lowest BCUT2D eigenvalue weighted by molar-refractivity contribution is -0.142. The summed E-state index contributed by atoms with van der Waals surface area (Å²) in [6, 6.07) is 9.70. The van der Waals surface area contributed by atoms with Crippen LogP contribution in [0.25, 0.3) is 6.08 Å². The second-order valence-electron chi connectivity index (χ2n) is 4.24. The molecular weight excluding hydrogens is 256 g/mol. The summed E-state index contributed by atoms with van der Waals surface area (Å²) in [5, 5.41) is 8.97. The predicted molar refractivity (Wildman–Crippen MR) is 77.0 cm³/mol. The third-order valence-electron chi connectivity index (χ3n) is 2.84. The van der Waals surface area contributed by atoms with E-state index in [0.717, 1.165) is 18.3 Å². The van der Waals surface area contributed by atoms with Gasteiger partial charge in [0.05, 0.1) is 0 Å². The largest absolute Gasteiger partial charge is 0.502 e. The van der Waals surface area contributed by atoms with Gasteiger partial charge in [-0.3, -0.25) is 4.79 Å². The number of hydrogen-bond donors (Lipinski definition) is 1. The van der Waals surface area contributed by atoms with E-state index in [-0.39, 0.29) is 11.9 Å². The van der Waals surface area contributed by atoms with Crippen LogP contribution in [0.1, 0.15) is 25.8 Å².